The Balaban J connectivity index is 1.83. The topological polar surface area (TPSA) is 61.8 Å². The Bertz CT molecular complexity index is 552. The Morgan fingerprint density at radius 1 is 1.42 bits per heavy atom. The van der Waals surface area contributed by atoms with Gasteiger partial charge in [-0.25, -0.2) is 0 Å². The van der Waals surface area contributed by atoms with Crippen LogP contribution in [0.25, 0.3) is 0 Å². The van der Waals surface area contributed by atoms with Gasteiger partial charge in [0.1, 0.15) is 6.61 Å². The van der Waals surface area contributed by atoms with E-state index in [1.54, 1.807) is 29.2 Å². The second-order valence-electron chi connectivity index (χ2n) is 5.72. The molecule has 0 saturated carbocycles. The van der Waals surface area contributed by atoms with Crippen LogP contribution < -0.4 is 5.32 Å². The summed E-state index contributed by atoms with van der Waals surface area (Å²) in [6.07, 6.45) is -3.36. The number of anilines is 1. The van der Waals surface area contributed by atoms with Crippen LogP contribution >= 0.6 is 0 Å². The van der Waals surface area contributed by atoms with E-state index in [2.05, 4.69) is 10.1 Å². The Hall–Kier alpha value is -1.80. The van der Waals surface area contributed by atoms with Gasteiger partial charge in [0.05, 0.1) is 12.7 Å². The predicted molar refractivity (Wildman–Crippen MR) is 83.0 cm³/mol. The fourth-order valence-electron chi connectivity index (χ4n) is 2.54. The van der Waals surface area contributed by atoms with E-state index >= 15 is 0 Å². The van der Waals surface area contributed by atoms with Crippen LogP contribution in [-0.2, 0) is 4.74 Å². The molecule has 134 valence electrons. The minimum Gasteiger partial charge on any atom is -0.391 e. The molecule has 8 heteroatoms. The van der Waals surface area contributed by atoms with Crippen molar-refractivity contribution < 1.29 is 27.8 Å². The second kappa shape index (κ2) is 8.34. The van der Waals surface area contributed by atoms with Crippen LogP contribution in [0, 0.1) is 0 Å². The monoisotopic (exact) mass is 346 g/mol. The van der Waals surface area contributed by atoms with Crippen LogP contribution in [0.3, 0.4) is 0 Å². The molecule has 24 heavy (non-hydrogen) atoms. The number of benzene rings is 1. The number of ether oxygens (including phenoxy) is 1. The van der Waals surface area contributed by atoms with Crippen LogP contribution in [-0.4, -0.2) is 61.0 Å². The summed E-state index contributed by atoms with van der Waals surface area (Å²) in [6, 6.07) is 6.75. The Kier molecular flexibility index (Phi) is 6.44. The average Bonchev–Trinajstić information content (AvgIpc) is 2.53. The number of hydrogen-bond acceptors (Lipinski definition) is 4. The summed E-state index contributed by atoms with van der Waals surface area (Å²) in [5.74, 6) is -0.161. The summed E-state index contributed by atoms with van der Waals surface area (Å²) in [7, 11) is 0. The number of β-amino-alcohol motifs (C(OH)–C–C–N with tert-alkyl or cyclic N) is 1. The van der Waals surface area contributed by atoms with E-state index < -0.39 is 18.9 Å². The molecule has 1 saturated heterocycles. The molecule has 1 aromatic carbocycles. The Morgan fingerprint density at radius 3 is 2.92 bits per heavy atom. The third-order valence-electron chi connectivity index (χ3n) is 3.63. The number of amides is 1. The Morgan fingerprint density at radius 2 is 2.21 bits per heavy atom. The number of hydrogen-bond donors (Lipinski definition) is 2. The Labute approximate surface area is 138 Å². The largest absolute Gasteiger partial charge is 0.411 e. The highest BCUT2D eigenvalue weighted by molar-refractivity contribution is 5.95. The molecule has 1 aromatic rings. The van der Waals surface area contributed by atoms with E-state index in [0.717, 1.165) is 6.42 Å². The maximum atomic E-state index is 12.4. The first kappa shape index (κ1) is 18.5. The summed E-state index contributed by atoms with van der Waals surface area (Å²) in [6.45, 7) is -0.225. The molecule has 0 spiro atoms. The van der Waals surface area contributed by atoms with E-state index in [1.807, 2.05) is 0 Å². The smallest absolute Gasteiger partial charge is 0.391 e. The highest BCUT2D eigenvalue weighted by Gasteiger charge is 2.27. The number of carbonyl (C=O) groups is 1. The number of nitrogens with zero attached hydrogens (tertiary/aromatic N) is 1. The molecule has 1 heterocycles. The van der Waals surface area contributed by atoms with Crippen molar-refractivity contribution >= 4 is 11.6 Å². The van der Waals surface area contributed by atoms with Crippen LogP contribution in [0.1, 0.15) is 23.2 Å². The molecule has 0 unspecified atom stereocenters. The molecule has 0 aromatic heterocycles. The third kappa shape index (κ3) is 6.01. The molecule has 2 rings (SSSR count). The highest BCUT2D eigenvalue weighted by Crippen LogP contribution is 2.17. The number of aliphatic hydroxyl groups excluding tert-OH is 1. The zero-order valence-corrected chi connectivity index (χ0v) is 13.2. The zero-order valence-electron chi connectivity index (χ0n) is 13.2. The molecule has 0 aliphatic carbocycles. The number of alkyl halides is 3. The fourth-order valence-corrected chi connectivity index (χ4v) is 2.54. The lowest BCUT2D eigenvalue weighted by molar-refractivity contribution is -0.172. The van der Waals surface area contributed by atoms with Crippen LogP contribution in [0.4, 0.5) is 18.9 Å². The van der Waals surface area contributed by atoms with Gasteiger partial charge in [-0.15, -0.1) is 0 Å². The maximum Gasteiger partial charge on any atom is 0.411 e. The van der Waals surface area contributed by atoms with Crippen molar-refractivity contribution in [2.24, 2.45) is 0 Å². The lowest BCUT2D eigenvalue weighted by Gasteiger charge is -2.30. The van der Waals surface area contributed by atoms with Gasteiger partial charge in [-0.1, -0.05) is 6.07 Å². The van der Waals surface area contributed by atoms with Crippen molar-refractivity contribution in [3.8, 4) is 0 Å². The van der Waals surface area contributed by atoms with Crippen molar-refractivity contribution in [2.45, 2.75) is 25.1 Å². The van der Waals surface area contributed by atoms with E-state index in [9.17, 15) is 23.1 Å². The normalized spacial score (nSPS) is 18.5. The van der Waals surface area contributed by atoms with Crippen molar-refractivity contribution in [3.05, 3.63) is 29.8 Å². The maximum absolute atomic E-state index is 12.4. The number of carbonyl (C=O) groups excluding carboxylic acids is 1. The first-order valence-corrected chi connectivity index (χ1v) is 7.81. The fraction of sp³-hybridized carbons (Fsp3) is 0.562. The summed E-state index contributed by atoms with van der Waals surface area (Å²) in [4.78, 5) is 14.0. The van der Waals surface area contributed by atoms with Gasteiger partial charge in [-0.3, -0.25) is 4.79 Å². The standard InChI is InChI=1S/C16H21F3N2O3/c17-16(18,19)11-24-8-6-20-13-4-1-3-12(9-13)15(23)21-7-2-5-14(22)10-21/h1,3-4,9,14,20,22H,2,5-8,10-11H2/t14-/m1/s1. The third-order valence-corrected chi connectivity index (χ3v) is 3.63. The van der Waals surface area contributed by atoms with Crippen LogP contribution in [0.15, 0.2) is 24.3 Å². The van der Waals surface area contributed by atoms with Gasteiger partial charge in [-0.05, 0) is 31.0 Å². The number of rotatable bonds is 6. The molecule has 1 fully saturated rings. The lowest BCUT2D eigenvalue weighted by Crippen LogP contribution is -2.42. The molecule has 1 amide bonds. The minimum absolute atomic E-state index is 0.0873. The molecular formula is C16H21F3N2O3. The van der Waals surface area contributed by atoms with Crippen molar-refractivity contribution in [2.75, 3.05) is 38.2 Å². The molecule has 1 atom stereocenters. The summed E-state index contributed by atoms with van der Waals surface area (Å²) < 4.78 is 40.4. The lowest BCUT2D eigenvalue weighted by atomic mass is 10.1. The number of halogens is 3. The van der Waals surface area contributed by atoms with Crippen LogP contribution in [0.2, 0.25) is 0 Å². The molecule has 1 aliphatic heterocycles. The molecule has 2 N–H and O–H groups in total. The number of nitrogens with one attached hydrogen (secondary N) is 1. The number of aliphatic hydroxyl groups is 1. The first-order chi connectivity index (χ1) is 11.3. The minimum atomic E-state index is -4.33. The zero-order chi connectivity index (χ0) is 17.6. The molecule has 5 nitrogen and oxygen atoms in total. The van der Waals surface area contributed by atoms with Crippen LogP contribution in [0.5, 0.6) is 0 Å². The van der Waals surface area contributed by atoms with E-state index in [4.69, 9.17) is 0 Å². The van der Waals surface area contributed by atoms with E-state index in [-0.39, 0.29) is 19.1 Å². The molecule has 1 aliphatic rings. The molecular weight excluding hydrogens is 325 g/mol. The molecule has 0 radical (unpaired) electrons. The predicted octanol–water partition coefficient (Wildman–Crippen LogP) is 2.27. The van der Waals surface area contributed by atoms with Gasteiger partial charge in [0.15, 0.2) is 0 Å². The number of likely N-dealkylation sites (tertiary alicyclic amines) is 1. The van der Waals surface area contributed by atoms with Crippen molar-refractivity contribution in [3.63, 3.8) is 0 Å². The highest BCUT2D eigenvalue weighted by atomic mass is 19.4. The van der Waals surface area contributed by atoms with E-state index in [0.29, 0.717) is 30.8 Å². The van der Waals surface area contributed by atoms with Gasteiger partial charge in [0, 0.05) is 30.9 Å². The van der Waals surface area contributed by atoms with E-state index in [1.165, 1.54) is 0 Å². The molecule has 0 bridgehead atoms. The average molecular weight is 346 g/mol. The summed E-state index contributed by atoms with van der Waals surface area (Å²) in [5.41, 5.74) is 1.11. The quantitative estimate of drug-likeness (QED) is 0.776. The van der Waals surface area contributed by atoms with Gasteiger partial charge in [0.25, 0.3) is 5.91 Å². The van der Waals surface area contributed by atoms with Gasteiger partial charge >= 0.3 is 6.18 Å². The SMILES string of the molecule is O=C(c1cccc(NCCOCC(F)(F)F)c1)N1CCC[C@@H](O)C1. The van der Waals surface area contributed by atoms with Gasteiger partial charge in [0.2, 0.25) is 0 Å². The van der Waals surface area contributed by atoms with Gasteiger partial charge in [-0.2, -0.15) is 13.2 Å². The first-order valence-electron chi connectivity index (χ1n) is 7.81. The van der Waals surface area contributed by atoms with Crippen molar-refractivity contribution in [1.82, 2.24) is 4.90 Å². The van der Waals surface area contributed by atoms with Gasteiger partial charge < -0.3 is 20.1 Å². The number of piperidine rings is 1. The second-order valence-corrected chi connectivity index (χ2v) is 5.72. The summed E-state index contributed by atoms with van der Waals surface area (Å²) >= 11 is 0. The van der Waals surface area contributed by atoms with Crippen molar-refractivity contribution in [1.29, 1.82) is 0 Å². The summed E-state index contributed by atoms with van der Waals surface area (Å²) in [5, 5.41) is 12.6.